The van der Waals surface area contributed by atoms with E-state index in [0.717, 1.165) is 35.0 Å². The predicted octanol–water partition coefficient (Wildman–Crippen LogP) is 3.34. The summed E-state index contributed by atoms with van der Waals surface area (Å²) in [6.07, 6.45) is 7.84. The highest BCUT2D eigenvalue weighted by molar-refractivity contribution is 7.98. The first-order valence-electron chi connectivity index (χ1n) is 8.77. The van der Waals surface area contributed by atoms with E-state index in [1.54, 1.807) is 23.7 Å². The lowest BCUT2D eigenvalue weighted by Crippen LogP contribution is -2.12. The van der Waals surface area contributed by atoms with E-state index in [4.69, 9.17) is 0 Å². The smallest absolute Gasteiger partial charge is 0.259 e. The Morgan fingerprint density at radius 2 is 2.00 bits per heavy atom. The molecule has 0 fully saturated rings. The number of rotatable bonds is 4. The Balaban J connectivity index is 1.38. The molecular weight excluding hydrogens is 380 g/mol. The minimum Gasteiger partial charge on any atom is -0.309 e. The van der Waals surface area contributed by atoms with Crippen LogP contribution in [0.5, 0.6) is 0 Å². The normalized spacial score (nSPS) is 13.8. The van der Waals surface area contributed by atoms with Gasteiger partial charge in [0.1, 0.15) is 10.7 Å². The predicted molar refractivity (Wildman–Crippen MR) is 106 cm³/mol. The van der Waals surface area contributed by atoms with Crippen LogP contribution in [0.4, 0.5) is 0 Å². The second-order valence-electron chi connectivity index (χ2n) is 6.39. The van der Waals surface area contributed by atoms with Gasteiger partial charge in [0.25, 0.3) is 5.56 Å². The molecule has 136 valence electrons. The monoisotopic (exact) mass is 396 g/mol. The number of hydrogen-bond donors (Lipinski definition) is 2. The lowest BCUT2D eigenvalue weighted by Gasteiger charge is -2.09. The van der Waals surface area contributed by atoms with Gasteiger partial charge < -0.3 is 4.98 Å². The van der Waals surface area contributed by atoms with Crippen molar-refractivity contribution in [2.24, 2.45) is 0 Å². The molecule has 4 heterocycles. The molecule has 1 aliphatic carbocycles. The summed E-state index contributed by atoms with van der Waals surface area (Å²) < 4.78 is 0. The van der Waals surface area contributed by atoms with Gasteiger partial charge in [-0.25, -0.2) is 9.97 Å². The van der Waals surface area contributed by atoms with Crippen LogP contribution in [0.15, 0.2) is 34.5 Å². The SMILES string of the molecule is O=c1[nH]c(CSc2n[nH]c(-c3ccncc3)n2)nc2sc3c(c12)CCCC3. The number of nitrogens with zero attached hydrogens (tertiary/aromatic N) is 4. The Bertz CT molecular complexity index is 1160. The second kappa shape index (κ2) is 6.90. The molecule has 0 radical (unpaired) electrons. The molecule has 0 amide bonds. The molecule has 0 bridgehead atoms. The number of aromatic nitrogens is 6. The van der Waals surface area contributed by atoms with Crippen LogP contribution in [0.2, 0.25) is 0 Å². The largest absolute Gasteiger partial charge is 0.309 e. The van der Waals surface area contributed by atoms with Gasteiger partial charge in [-0.15, -0.1) is 16.4 Å². The summed E-state index contributed by atoms with van der Waals surface area (Å²) in [5, 5.41) is 8.58. The van der Waals surface area contributed by atoms with Gasteiger partial charge in [0.05, 0.1) is 11.1 Å². The number of hydrogen-bond acceptors (Lipinski definition) is 7. The van der Waals surface area contributed by atoms with Crippen molar-refractivity contribution in [3.63, 3.8) is 0 Å². The highest BCUT2D eigenvalue weighted by Gasteiger charge is 2.20. The molecule has 0 atom stereocenters. The second-order valence-corrected chi connectivity index (χ2v) is 8.42. The minimum atomic E-state index is -0.0255. The Hall–Kier alpha value is -2.52. The van der Waals surface area contributed by atoms with Crippen LogP contribution in [-0.4, -0.2) is 30.1 Å². The molecule has 4 aromatic rings. The van der Waals surface area contributed by atoms with Crippen molar-refractivity contribution in [1.82, 2.24) is 30.1 Å². The number of fused-ring (bicyclic) bond motifs is 3. The van der Waals surface area contributed by atoms with E-state index in [2.05, 4.69) is 30.1 Å². The van der Waals surface area contributed by atoms with E-state index in [9.17, 15) is 4.79 Å². The molecular formula is C18H16N6OS2. The minimum absolute atomic E-state index is 0.0255. The molecule has 7 nitrogen and oxygen atoms in total. The zero-order valence-corrected chi connectivity index (χ0v) is 16.0. The number of pyridine rings is 1. The van der Waals surface area contributed by atoms with Crippen molar-refractivity contribution in [1.29, 1.82) is 0 Å². The van der Waals surface area contributed by atoms with Gasteiger partial charge in [-0.3, -0.25) is 14.9 Å². The zero-order chi connectivity index (χ0) is 18.2. The van der Waals surface area contributed by atoms with Crippen LogP contribution in [-0.2, 0) is 18.6 Å². The first-order valence-corrected chi connectivity index (χ1v) is 10.6. The van der Waals surface area contributed by atoms with Gasteiger partial charge in [0.2, 0.25) is 5.16 Å². The summed E-state index contributed by atoms with van der Waals surface area (Å²) in [5.41, 5.74) is 2.12. The van der Waals surface area contributed by atoms with E-state index in [-0.39, 0.29) is 5.56 Å². The first kappa shape index (κ1) is 16.6. The number of thiophene rings is 1. The summed E-state index contributed by atoms with van der Waals surface area (Å²) in [5.74, 6) is 1.87. The van der Waals surface area contributed by atoms with Crippen LogP contribution >= 0.6 is 23.1 Å². The van der Waals surface area contributed by atoms with Crippen molar-refractivity contribution in [2.45, 2.75) is 36.6 Å². The average molecular weight is 397 g/mol. The van der Waals surface area contributed by atoms with E-state index >= 15 is 0 Å². The summed E-state index contributed by atoms with van der Waals surface area (Å²) in [7, 11) is 0. The van der Waals surface area contributed by atoms with E-state index < -0.39 is 0 Å². The van der Waals surface area contributed by atoms with E-state index in [1.165, 1.54) is 28.6 Å². The van der Waals surface area contributed by atoms with Crippen LogP contribution < -0.4 is 5.56 Å². The Morgan fingerprint density at radius 3 is 2.89 bits per heavy atom. The molecule has 0 unspecified atom stereocenters. The molecule has 5 rings (SSSR count). The number of nitrogens with one attached hydrogen (secondary N) is 2. The van der Waals surface area contributed by atoms with Crippen LogP contribution in [0.1, 0.15) is 29.1 Å². The molecule has 0 spiro atoms. The van der Waals surface area contributed by atoms with Gasteiger partial charge in [0.15, 0.2) is 5.82 Å². The number of H-pyrrole nitrogens is 2. The maximum Gasteiger partial charge on any atom is 0.259 e. The summed E-state index contributed by atoms with van der Waals surface area (Å²) in [6.45, 7) is 0. The maximum atomic E-state index is 12.6. The van der Waals surface area contributed by atoms with Gasteiger partial charge in [-0.05, 0) is 43.4 Å². The fourth-order valence-corrected chi connectivity index (χ4v) is 5.31. The topological polar surface area (TPSA) is 100 Å². The number of thioether (sulfide) groups is 1. The highest BCUT2D eigenvalue weighted by Crippen LogP contribution is 2.33. The number of aromatic amines is 2. The third-order valence-electron chi connectivity index (χ3n) is 4.63. The first-order chi connectivity index (χ1) is 13.3. The van der Waals surface area contributed by atoms with Crippen molar-refractivity contribution in [3.8, 4) is 11.4 Å². The lowest BCUT2D eigenvalue weighted by atomic mass is 9.97. The fraction of sp³-hybridized carbons (Fsp3) is 0.278. The number of aryl methyl sites for hydroxylation is 2. The lowest BCUT2D eigenvalue weighted by molar-refractivity contribution is 0.700. The molecule has 0 aliphatic heterocycles. The summed E-state index contributed by atoms with van der Waals surface area (Å²) in [6, 6.07) is 3.75. The fourth-order valence-electron chi connectivity index (χ4n) is 3.36. The van der Waals surface area contributed by atoms with Crippen LogP contribution in [0.25, 0.3) is 21.6 Å². The third-order valence-corrected chi connectivity index (χ3v) is 6.67. The van der Waals surface area contributed by atoms with E-state index in [0.29, 0.717) is 22.6 Å². The van der Waals surface area contributed by atoms with Gasteiger partial charge in [-0.2, -0.15) is 0 Å². The quantitative estimate of drug-likeness (QED) is 0.513. The Labute approximate surface area is 162 Å². The van der Waals surface area contributed by atoms with Gasteiger partial charge in [0, 0.05) is 22.8 Å². The molecule has 2 N–H and O–H groups in total. The molecule has 0 aromatic carbocycles. The Kier molecular flexibility index (Phi) is 4.25. The summed E-state index contributed by atoms with van der Waals surface area (Å²) in [4.78, 5) is 30.9. The molecule has 4 aromatic heterocycles. The molecule has 0 saturated carbocycles. The van der Waals surface area contributed by atoms with Crippen LogP contribution in [0.3, 0.4) is 0 Å². The standard InChI is InChI=1S/C18H16N6OS2/c25-16-14-11-3-1-2-4-12(11)27-17(14)21-13(20-16)9-26-18-22-15(23-24-18)10-5-7-19-8-6-10/h5-8H,1-4,9H2,(H,20,21,25)(H,22,23,24). The summed E-state index contributed by atoms with van der Waals surface area (Å²) >= 11 is 3.11. The Morgan fingerprint density at radius 1 is 1.15 bits per heavy atom. The maximum absolute atomic E-state index is 12.6. The van der Waals surface area contributed by atoms with Crippen molar-refractivity contribution < 1.29 is 0 Å². The van der Waals surface area contributed by atoms with Gasteiger partial charge >= 0.3 is 0 Å². The third kappa shape index (κ3) is 3.17. The van der Waals surface area contributed by atoms with Crippen molar-refractivity contribution >= 4 is 33.3 Å². The molecule has 1 aliphatic rings. The average Bonchev–Trinajstić information content (AvgIpc) is 3.31. The zero-order valence-electron chi connectivity index (χ0n) is 14.4. The van der Waals surface area contributed by atoms with Gasteiger partial charge in [-0.1, -0.05) is 11.8 Å². The van der Waals surface area contributed by atoms with Crippen molar-refractivity contribution in [3.05, 3.63) is 51.1 Å². The molecule has 0 saturated heterocycles. The van der Waals surface area contributed by atoms with Crippen LogP contribution in [0, 0.1) is 0 Å². The highest BCUT2D eigenvalue weighted by atomic mass is 32.2. The molecule has 9 heteroatoms. The van der Waals surface area contributed by atoms with Crippen molar-refractivity contribution in [2.75, 3.05) is 0 Å². The van der Waals surface area contributed by atoms with E-state index in [1.807, 2.05) is 12.1 Å². The molecule has 27 heavy (non-hydrogen) atoms.